The summed E-state index contributed by atoms with van der Waals surface area (Å²) in [6.07, 6.45) is 6.33. The zero-order valence-corrected chi connectivity index (χ0v) is 22.5. The topological polar surface area (TPSA) is 111 Å². The molecule has 0 spiro atoms. The number of carbonyl (C=O) groups is 3. The van der Waals surface area contributed by atoms with Crippen LogP contribution < -0.4 is 5.48 Å². The maximum atomic E-state index is 11.8. The van der Waals surface area contributed by atoms with Crippen molar-refractivity contribution in [1.29, 1.82) is 0 Å². The summed E-state index contributed by atoms with van der Waals surface area (Å²) >= 11 is 1.65. The van der Waals surface area contributed by atoms with Gasteiger partial charge in [0.05, 0.1) is 7.11 Å². The molecule has 0 aromatic heterocycles. The standard InChI is InChI=1S/C27H41NO7S/c1-19(29)34-21(18-36-22-11-7-6-8-12-22)15-16-23-24(13-9-4-5-10-14-27(31)33-3)26(35-20(2)30)17-25(23)28-32/h6-8,11-12,21,23-26,28,32H,4-5,9-10,13-18H2,1-3H3/t21?,23-,24-,25?,26+/m1/s1. The molecule has 1 saturated carbocycles. The number of methoxy groups -OCH3 is 1. The maximum Gasteiger partial charge on any atom is 0.305 e. The van der Waals surface area contributed by atoms with Crippen LogP contribution in [0, 0.1) is 11.8 Å². The third-order valence-electron chi connectivity index (χ3n) is 6.74. The minimum absolute atomic E-state index is 0.0780. The van der Waals surface area contributed by atoms with E-state index in [0.717, 1.165) is 43.4 Å². The molecule has 1 aromatic carbocycles. The summed E-state index contributed by atoms with van der Waals surface area (Å²) in [6.45, 7) is 2.84. The number of esters is 3. The van der Waals surface area contributed by atoms with E-state index in [-0.39, 0.29) is 48.0 Å². The molecule has 2 N–H and O–H groups in total. The lowest BCUT2D eigenvalue weighted by Crippen LogP contribution is -2.33. The summed E-state index contributed by atoms with van der Waals surface area (Å²) in [7, 11) is 1.40. The van der Waals surface area contributed by atoms with E-state index in [1.807, 2.05) is 30.3 Å². The number of benzene rings is 1. The van der Waals surface area contributed by atoms with Gasteiger partial charge in [0.2, 0.25) is 0 Å². The molecule has 9 heteroatoms. The van der Waals surface area contributed by atoms with Gasteiger partial charge in [-0.2, -0.15) is 0 Å². The van der Waals surface area contributed by atoms with Gasteiger partial charge in [-0.1, -0.05) is 37.5 Å². The number of hydrogen-bond donors (Lipinski definition) is 2. The van der Waals surface area contributed by atoms with E-state index in [9.17, 15) is 19.6 Å². The molecule has 1 aliphatic rings. The molecule has 0 heterocycles. The van der Waals surface area contributed by atoms with Crippen LogP contribution >= 0.6 is 11.8 Å². The fourth-order valence-electron chi connectivity index (χ4n) is 5.09. The highest BCUT2D eigenvalue weighted by atomic mass is 32.2. The SMILES string of the molecule is COC(=O)CCCCCC[C@H]1[C@@H](OC(C)=O)CC(NO)[C@@H]1CCC(CSc1ccccc1)OC(C)=O. The van der Waals surface area contributed by atoms with Crippen LogP contribution in [-0.4, -0.2) is 54.2 Å². The van der Waals surface area contributed by atoms with Gasteiger partial charge in [-0.05, 0) is 43.7 Å². The monoisotopic (exact) mass is 523 g/mol. The Bertz CT molecular complexity index is 807. The molecule has 8 nitrogen and oxygen atoms in total. The minimum atomic E-state index is -0.322. The molecule has 0 saturated heterocycles. The number of hydrogen-bond acceptors (Lipinski definition) is 9. The molecule has 5 atom stereocenters. The molecule has 0 bridgehead atoms. The maximum absolute atomic E-state index is 11.8. The summed E-state index contributed by atoms with van der Waals surface area (Å²) in [6, 6.07) is 9.79. The van der Waals surface area contributed by atoms with Crippen molar-refractivity contribution in [2.24, 2.45) is 11.8 Å². The normalized spacial score (nSPS) is 22.1. The zero-order valence-electron chi connectivity index (χ0n) is 21.6. The van der Waals surface area contributed by atoms with Crippen molar-refractivity contribution in [2.45, 2.75) is 94.8 Å². The Morgan fingerprint density at radius 1 is 1.03 bits per heavy atom. The van der Waals surface area contributed by atoms with Crippen LogP contribution in [-0.2, 0) is 28.6 Å². The average molecular weight is 524 g/mol. The van der Waals surface area contributed by atoms with Crippen LogP contribution in [0.15, 0.2) is 35.2 Å². The van der Waals surface area contributed by atoms with Gasteiger partial charge in [-0.15, -0.1) is 11.8 Å². The number of rotatable bonds is 16. The second-order valence-corrected chi connectivity index (χ2v) is 10.5. The van der Waals surface area contributed by atoms with Crippen LogP contribution in [0.1, 0.15) is 71.6 Å². The Balaban J connectivity index is 1.97. The fourth-order valence-corrected chi connectivity index (χ4v) is 6.05. The molecular weight excluding hydrogens is 482 g/mol. The van der Waals surface area contributed by atoms with E-state index < -0.39 is 0 Å². The van der Waals surface area contributed by atoms with Crippen molar-refractivity contribution in [1.82, 2.24) is 5.48 Å². The number of hydroxylamine groups is 1. The van der Waals surface area contributed by atoms with E-state index in [4.69, 9.17) is 9.47 Å². The first-order chi connectivity index (χ1) is 17.3. The number of carbonyl (C=O) groups excluding carboxylic acids is 3. The highest BCUT2D eigenvalue weighted by Crippen LogP contribution is 2.41. The van der Waals surface area contributed by atoms with Crippen molar-refractivity contribution >= 4 is 29.7 Å². The van der Waals surface area contributed by atoms with Crippen molar-refractivity contribution < 1.29 is 33.8 Å². The van der Waals surface area contributed by atoms with Crippen LogP contribution in [0.2, 0.25) is 0 Å². The third kappa shape index (κ3) is 10.9. The number of unbranched alkanes of at least 4 members (excludes halogenated alkanes) is 3. The summed E-state index contributed by atoms with van der Waals surface area (Å²) < 4.78 is 16.0. The lowest BCUT2D eigenvalue weighted by Gasteiger charge is -2.28. The van der Waals surface area contributed by atoms with Crippen molar-refractivity contribution in [3.05, 3.63) is 30.3 Å². The average Bonchev–Trinajstić information content (AvgIpc) is 3.18. The molecule has 2 rings (SSSR count). The van der Waals surface area contributed by atoms with E-state index in [0.29, 0.717) is 25.0 Å². The Kier molecular flexibility index (Phi) is 13.9. The van der Waals surface area contributed by atoms with Crippen LogP contribution in [0.5, 0.6) is 0 Å². The van der Waals surface area contributed by atoms with Crippen molar-refractivity contribution in [3.63, 3.8) is 0 Å². The minimum Gasteiger partial charge on any atom is -0.469 e. The number of nitrogens with one attached hydrogen (secondary N) is 1. The van der Waals surface area contributed by atoms with Gasteiger partial charge in [0, 0.05) is 49.3 Å². The van der Waals surface area contributed by atoms with Gasteiger partial charge in [0.15, 0.2) is 0 Å². The molecule has 2 unspecified atom stereocenters. The van der Waals surface area contributed by atoms with Crippen LogP contribution in [0.3, 0.4) is 0 Å². The van der Waals surface area contributed by atoms with E-state index in [2.05, 4.69) is 10.2 Å². The molecular formula is C27H41NO7S. The predicted octanol–water partition coefficient (Wildman–Crippen LogP) is 4.92. The van der Waals surface area contributed by atoms with Gasteiger partial charge in [-0.3, -0.25) is 14.4 Å². The zero-order chi connectivity index (χ0) is 26.3. The van der Waals surface area contributed by atoms with E-state index in [1.165, 1.54) is 21.0 Å². The van der Waals surface area contributed by atoms with Gasteiger partial charge in [0.25, 0.3) is 0 Å². The molecule has 202 valence electrons. The molecule has 0 amide bonds. The Hall–Kier alpha value is -2.10. The smallest absolute Gasteiger partial charge is 0.305 e. The van der Waals surface area contributed by atoms with Gasteiger partial charge in [0.1, 0.15) is 12.2 Å². The predicted molar refractivity (Wildman–Crippen MR) is 138 cm³/mol. The van der Waals surface area contributed by atoms with Crippen molar-refractivity contribution in [2.75, 3.05) is 12.9 Å². The molecule has 0 radical (unpaired) electrons. The first-order valence-corrected chi connectivity index (χ1v) is 13.8. The third-order valence-corrected chi connectivity index (χ3v) is 7.89. The summed E-state index contributed by atoms with van der Waals surface area (Å²) in [5.74, 6) is 0.000350. The summed E-state index contributed by atoms with van der Waals surface area (Å²) in [5.41, 5.74) is 2.44. The lowest BCUT2D eigenvalue weighted by molar-refractivity contribution is -0.149. The Morgan fingerprint density at radius 2 is 1.75 bits per heavy atom. The molecule has 1 fully saturated rings. The first-order valence-electron chi connectivity index (χ1n) is 12.8. The highest BCUT2D eigenvalue weighted by Gasteiger charge is 2.44. The van der Waals surface area contributed by atoms with Crippen LogP contribution in [0.4, 0.5) is 0 Å². The van der Waals surface area contributed by atoms with Crippen molar-refractivity contribution in [3.8, 4) is 0 Å². The van der Waals surface area contributed by atoms with Crippen LogP contribution in [0.25, 0.3) is 0 Å². The quantitative estimate of drug-likeness (QED) is 0.103. The number of thioether (sulfide) groups is 1. The largest absolute Gasteiger partial charge is 0.469 e. The van der Waals surface area contributed by atoms with E-state index in [1.54, 1.807) is 11.8 Å². The Morgan fingerprint density at radius 3 is 2.39 bits per heavy atom. The molecule has 1 aromatic rings. The van der Waals surface area contributed by atoms with Gasteiger partial charge in [-0.25, -0.2) is 5.48 Å². The lowest BCUT2D eigenvalue weighted by atomic mass is 9.84. The molecule has 0 aliphatic heterocycles. The van der Waals surface area contributed by atoms with Gasteiger partial charge < -0.3 is 19.4 Å². The molecule has 1 aliphatic carbocycles. The summed E-state index contributed by atoms with van der Waals surface area (Å²) in [5, 5.41) is 9.86. The second-order valence-electron chi connectivity index (χ2n) is 9.41. The summed E-state index contributed by atoms with van der Waals surface area (Å²) in [4.78, 5) is 35.9. The highest BCUT2D eigenvalue weighted by molar-refractivity contribution is 7.99. The molecule has 36 heavy (non-hydrogen) atoms. The Labute approximate surface area is 218 Å². The number of ether oxygens (including phenoxy) is 3. The first kappa shape index (κ1) is 30.1. The van der Waals surface area contributed by atoms with Gasteiger partial charge >= 0.3 is 17.9 Å². The van der Waals surface area contributed by atoms with E-state index >= 15 is 0 Å². The second kappa shape index (κ2) is 16.6. The fraction of sp³-hybridized carbons (Fsp3) is 0.667.